The molecule has 4 nitrogen and oxygen atoms in total. The molecule has 0 spiro atoms. The Morgan fingerprint density at radius 3 is 2.09 bits per heavy atom. The maximum atomic E-state index is 15.2. The van der Waals surface area contributed by atoms with E-state index >= 15 is 8.78 Å². The largest absolute Gasteiger partial charge is 0.462 e. The second-order valence-corrected chi connectivity index (χ2v) is 10.7. The minimum atomic E-state index is -4.80. The fourth-order valence-electron chi connectivity index (χ4n) is 3.58. The topological polar surface area (TPSA) is 60.4 Å². The molecule has 0 radical (unpaired) electrons. The highest BCUT2D eigenvalue weighted by atomic mass is 32.2. The predicted octanol–water partition coefficient (Wildman–Crippen LogP) is 6.30. The minimum Gasteiger partial charge on any atom is -0.462 e. The molecule has 0 saturated carbocycles. The molecule has 0 aliphatic heterocycles. The number of esters is 1. The molecule has 0 amide bonds. The minimum absolute atomic E-state index is 0.00250. The highest BCUT2D eigenvalue weighted by molar-refractivity contribution is 7.92. The van der Waals surface area contributed by atoms with Gasteiger partial charge in [0.2, 0.25) is 9.84 Å². The molecule has 0 bridgehead atoms. The van der Waals surface area contributed by atoms with Crippen LogP contribution in [0.15, 0.2) is 59.5 Å². The van der Waals surface area contributed by atoms with Gasteiger partial charge in [-0.2, -0.15) is 8.78 Å². The number of halogens is 2. The van der Waals surface area contributed by atoms with E-state index in [1.165, 1.54) is 24.3 Å². The summed E-state index contributed by atoms with van der Waals surface area (Å²) in [5, 5.41) is -3.87. The lowest BCUT2D eigenvalue weighted by Gasteiger charge is -2.30. The van der Waals surface area contributed by atoms with E-state index in [1.54, 1.807) is 32.0 Å². The van der Waals surface area contributed by atoms with Crippen LogP contribution in [0.3, 0.4) is 0 Å². The van der Waals surface area contributed by atoms with Crippen LogP contribution in [0.4, 0.5) is 8.78 Å². The summed E-state index contributed by atoms with van der Waals surface area (Å²) in [7, 11) is -4.80. The lowest BCUT2D eigenvalue weighted by molar-refractivity contribution is -0.00275. The third-order valence-electron chi connectivity index (χ3n) is 5.75. The van der Waals surface area contributed by atoms with Crippen LogP contribution in [0.5, 0.6) is 0 Å². The van der Waals surface area contributed by atoms with Crippen molar-refractivity contribution in [2.24, 2.45) is 17.8 Å². The van der Waals surface area contributed by atoms with Crippen molar-refractivity contribution in [3.05, 3.63) is 65.7 Å². The molecule has 2 rings (SSSR count). The molecule has 0 heterocycles. The van der Waals surface area contributed by atoms with Crippen LogP contribution >= 0.6 is 0 Å². The molecule has 0 aromatic heterocycles. The zero-order valence-corrected chi connectivity index (χ0v) is 19.9. The molecule has 2 aromatic carbocycles. The predicted molar refractivity (Wildman–Crippen MR) is 121 cm³/mol. The smallest absolute Gasteiger partial charge is 0.353 e. The number of aryl methyl sites for hydroxylation is 1. The van der Waals surface area contributed by atoms with E-state index in [4.69, 9.17) is 4.74 Å². The molecular weight excluding hydrogens is 434 g/mol. The maximum Gasteiger partial charge on any atom is 0.353 e. The number of benzene rings is 2. The first-order valence-corrected chi connectivity index (χ1v) is 12.4. The fraction of sp³-hybridized carbons (Fsp3) is 0.480. The van der Waals surface area contributed by atoms with E-state index in [0.717, 1.165) is 5.56 Å². The van der Waals surface area contributed by atoms with Gasteiger partial charge in [0.25, 0.3) is 0 Å². The molecule has 2 atom stereocenters. The third kappa shape index (κ3) is 6.37. The van der Waals surface area contributed by atoms with Gasteiger partial charge < -0.3 is 4.74 Å². The van der Waals surface area contributed by atoms with Crippen molar-refractivity contribution in [2.75, 3.05) is 6.61 Å². The van der Waals surface area contributed by atoms with Gasteiger partial charge >= 0.3 is 11.2 Å². The summed E-state index contributed by atoms with van der Waals surface area (Å²) < 4.78 is 60.9. The van der Waals surface area contributed by atoms with Gasteiger partial charge in [-0.15, -0.1) is 0 Å². The van der Waals surface area contributed by atoms with E-state index < -0.39 is 32.9 Å². The molecular formula is C25H32F2O4S. The van der Waals surface area contributed by atoms with E-state index in [-0.39, 0.29) is 23.8 Å². The second-order valence-electron chi connectivity index (χ2n) is 8.70. The average molecular weight is 467 g/mol. The molecule has 0 aliphatic carbocycles. The van der Waals surface area contributed by atoms with Crippen LogP contribution in [0.25, 0.3) is 0 Å². The maximum absolute atomic E-state index is 15.2. The highest BCUT2D eigenvalue weighted by Crippen LogP contribution is 2.42. The van der Waals surface area contributed by atoms with Crippen LogP contribution in [0.1, 0.15) is 56.0 Å². The second kappa shape index (κ2) is 11.0. The van der Waals surface area contributed by atoms with Gasteiger partial charge in [0, 0.05) is 5.92 Å². The highest BCUT2D eigenvalue weighted by Gasteiger charge is 2.53. The summed E-state index contributed by atoms with van der Waals surface area (Å²) in [6.07, 6.45) is 0.980. The molecule has 0 saturated heterocycles. The molecule has 0 fully saturated rings. The Bertz CT molecular complexity index is 971. The van der Waals surface area contributed by atoms with Crippen LogP contribution in [0, 0.1) is 24.7 Å². The van der Waals surface area contributed by atoms with Crippen LogP contribution in [0.2, 0.25) is 0 Å². The Balaban J connectivity index is 1.94. The number of alkyl halides is 2. The van der Waals surface area contributed by atoms with E-state index in [2.05, 4.69) is 0 Å². The van der Waals surface area contributed by atoms with Crippen LogP contribution in [-0.2, 0) is 14.6 Å². The van der Waals surface area contributed by atoms with Crippen molar-refractivity contribution in [3.8, 4) is 0 Å². The number of hydrogen-bond donors (Lipinski definition) is 0. The first-order valence-electron chi connectivity index (χ1n) is 10.9. The Labute approximate surface area is 189 Å². The Kier molecular flexibility index (Phi) is 8.96. The monoisotopic (exact) mass is 466 g/mol. The number of sulfone groups is 1. The van der Waals surface area contributed by atoms with Crippen molar-refractivity contribution in [1.82, 2.24) is 0 Å². The van der Waals surface area contributed by atoms with Gasteiger partial charge in [0.05, 0.1) is 17.1 Å². The molecule has 7 heteroatoms. The summed E-state index contributed by atoms with van der Waals surface area (Å²) in [5.74, 6) is -2.25. The summed E-state index contributed by atoms with van der Waals surface area (Å²) in [6.45, 7) is 7.23. The standard InChI is InChI=1S/C25H32F2O4S/c1-18(2)23(25(26,27)32(29,30)22-8-6-5-7-9-22)15-12-20(4)16-17-31-24(28)21-13-10-19(3)11-14-21/h5-11,13-14,18,20,23H,12,15-17H2,1-4H3. The van der Waals surface area contributed by atoms with E-state index in [9.17, 15) is 13.2 Å². The van der Waals surface area contributed by atoms with Crippen molar-refractivity contribution in [2.45, 2.75) is 57.1 Å². The number of carbonyl (C=O) groups is 1. The molecule has 32 heavy (non-hydrogen) atoms. The first-order chi connectivity index (χ1) is 15.0. The van der Waals surface area contributed by atoms with Crippen molar-refractivity contribution >= 4 is 15.8 Å². The number of carbonyl (C=O) groups excluding carboxylic acids is 1. The first kappa shape index (κ1) is 26.0. The molecule has 176 valence electrons. The molecule has 2 unspecified atom stereocenters. The zero-order valence-electron chi connectivity index (χ0n) is 19.1. The molecule has 0 N–H and O–H groups in total. The molecule has 2 aromatic rings. The lowest BCUT2D eigenvalue weighted by Crippen LogP contribution is -2.40. The van der Waals surface area contributed by atoms with Crippen LogP contribution < -0.4 is 0 Å². The normalized spacial score (nSPS) is 14.2. The van der Waals surface area contributed by atoms with E-state index in [1.807, 2.05) is 26.0 Å². The van der Waals surface area contributed by atoms with Gasteiger partial charge in [0.1, 0.15) is 0 Å². The number of rotatable bonds is 11. The average Bonchev–Trinajstić information content (AvgIpc) is 2.74. The molecule has 0 aliphatic rings. The lowest BCUT2D eigenvalue weighted by atomic mass is 9.87. The Morgan fingerprint density at radius 1 is 0.938 bits per heavy atom. The van der Waals surface area contributed by atoms with Crippen molar-refractivity contribution in [3.63, 3.8) is 0 Å². The number of hydrogen-bond acceptors (Lipinski definition) is 4. The van der Waals surface area contributed by atoms with Crippen molar-refractivity contribution in [1.29, 1.82) is 0 Å². The fourth-order valence-corrected chi connectivity index (χ4v) is 5.20. The Morgan fingerprint density at radius 2 is 1.53 bits per heavy atom. The summed E-state index contributed by atoms with van der Waals surface area (Å²) in [6, 6.07) is 13.9. The SMILES string of the molecule is Cc1ccc(C(=O)OCCC(C)CCC(C(C)C)C(F)(F)S(=O)(=O)c2ccccc2)cc1. The summed E-state index contributed by atoms with van der Waals surface area (Å²) in [5.41, 5.74) is 1.51. The van der Waals surface area contributed by atoms with Gasteiger partial charge in [-0.3, -0.25) is 0 Å². The summed E-state index contributed by atoms with van der Waals surface area (Å²) in [4.78, 5) is 11.7. The van der Waals surface area contributed by atoms with Gasteiger partial charge in [-0.25, -0.2) is 13.2 Å². The third-order valence-corrected chi connectivity index (χ3v) is 7.66. The summed E-state index contributed by atoms with van der Waals surface area (Å²) >= 11 is 0. The van der Waals surface area contributed by atoms with Gasteiger partial charge in [-0.1, -0.05) is 63.1 Å². The number of ether oxygens (including phenoxy) is 1. The van der Waals surface area contributed by atoms with Gasteiger partial charge in [0.15, 0.2) is 0 Å². The van der Waals surface area contributed by atoms with Gasteiger partial charge in [-0.05, 0) is 55.9 Å². The van der Waals surface area contributed by atoms with Crippen molar-refractivity contribution < 1.29 is 26.7 Å². The van der Waals surface area contributed by atoms with Crippen LogP contribution in [-0.4, -0.2) is 26.2 Å². The quantitative estimate of drug-likeness (QED) is 0.365. The zero-order chi connectivity index (χ0) is 23.9. The van der Waals surface area contributed by atoms with E-state index in [0.29, 0.717) is 18.4 Å². The Hall–Kier alpha value is -2.28.